The summed E-state index contributed by atoms with van der Waals surface area (Å²) in [5.74, 6) is 0.759. The number of hydrogen-bond donors (Lipinski definition) is 1. The Labute approximate surface area is 187 Å². The van der Waals surface area contributed by atoms with Crippen LogP contribution in [0.3, 0.4) is 0 Å². The highest BCUT2D eigenvalue weighted by Gasteiger charge is 2.15. The molecule has 0 aliphatic rings. The molecule has 0 spiro atoms. The minimum absolute atomic E-state index is 0.0959. The fourth-order valence-corrected chi connectivity index (χ4v) is 3.90. The molecule has 1 heterocycles. The molecule has 0 aliphatic carbocycles. The normalized spacial score (nSPS) is 10.9. The molecule has 1 aromatic heterocycles. The van der Waals surface area contributed by atoms with Gasteiger partial charge in [-0.1, -0.05) is 84.9 Å². The maximum absolute atomic E-state index is 12.8. The van der Waals surface area contributed by atoms with E-state index in [4.69, 9.17) is 4.98 Å². The van der Waals surface area contributed by atoms with Crippen molar-refractivity contribution in [3.05, 3.63) is 126 Å². The third-order valence-corrected chi connectivity index (χ3v) is 5.52. The van der Waals surface area contributed by atoms with Crippen molar-refractivity contribution in [3.63, 3.8) is 0 Å². The van der Waals surface area contributed by atoms with E-state index in [-0.39, 0.29) is 5.91 Å². The van der Waals surface area contributed by atoms with Gasteiger partial charge in [-0.25, -0.2) is 4.98 Å². The summed E-state index contributed by atoms with van der Waals surface area (Å²) in [4.78, 5) is 17.7. The van der Waals surface area contributed by atoms with Crippen LogP contribution in [0.15, 0.2) is 109 Å². The Hall–Kier alpha value is -4.18. The van der Waals surface area contributed by atoms with E-state index in [0.717, 1.165) is 28.0 Å². The second-order valence-corrected chi connectivity index (χ2v) is 7.74. The zero-order chi connectivity index (χ0) is 21.8. The van der Waals surface area contributed by atoms with Gasteiger partial charge in [0.05, 0.1) is 11.0 Å². The number of imidazole rings is 1. The molecule has 0 aliphatic heterocycles. The third kappa shape index (κ3) is 4.16. The number of amides is 1. The molecule has 0 saturated heterocycles. The molecule has 1 amide bonds. The fourth-order valence-electron chi connectivity index (χ4n) is 3.90. The topological polar surface area (TPSA) is 46.9 Å². The summed E-state index contributed by atoms with van der Waals surface area (Å²) in [5, 5.41) is 3.01. The zero-order valence-electron chi connectivity index (χ0n) is 17.6. The van der Waals surface area contributed by atoms with Crippen molar-refractivity contribution in [1.29, 1.82) is 0 Å². The van der Waals surface area contributed by atoms with E-state index in [1.165, 1.54) is 5.56 Å². The van der Waals surface area contributed by atoms with Crippen LogP contribution in [0.25, 0.3) is 22.4 Å². The smallest absolute Gasteiger partial charge is 0.251 e. The van der Waals surface area contributed by atoms with Gasteiger partial charge in [0.15, 0.2) is 0 Å². The van der Waals surface area contributed by atoms with Crippen LogP contribution in [0.1, 0.15) is 21.5 Å². The number of para-hydroxylation sites is 2. The molecule has 1 N–H and O–H groups in total. The number of nitrogens with one attached hydrogen (secondary N) is 1. The number of carbonyl (C=O) groups excluding carboxylic acids is 1. The van der Waals surface area contributed by atoms with E-state index in [0.29, 0.717) is 18.7 Å². The predicted octanol–water partition coefficient (Wildman–Crippen LogP) is 5.68. The summed E-state index contributed by atoms with van der Waals surface area (Å²) in [7, 11) is 0. The number of aromatic nitrogens is 2. The summed E-state index contributed by atoms with van der Waals surface area (Å²) in [6.45, 7) is 1.21. The first kappa shape index (κ1) is 19.8. The fraction of sp³-hybridized carbons (Fsp3) is 0.0714. The molecular weight excluding hydrogens is 394 g/mol. The van der Waals surface area contributed by atoms with Crippen LogP contribution in [0.4, 0.5) is 0 Å². The Morgan fingerprint density at radius 2 is 1.44 bits per heavy atom. The molecule has 0 atom stereocenters. The Balaban J connectivity index is 1.47. The zero-order valence-corrected chi connectivity index (χ0v) is 17.6. The molecule has 4 aromatic carbocycles. The van der Waals surface area contributed by atoms with Crippen LogP contribution >= 0.6 is 0 Å². The van der Waals surface area contributed by atoms with Crippen molar-refractivity contribution in [2.45, 2.75) is 13.1 Å². The molecule has 0 bridgehead atoms. The molecule has 0 radical (unpaired) electrons. The average molecular weight is 418 g/mol. The first-order valence-electron chi connectivity index (χ1n) is 10.7. The number of benzene rings is 4. The van der Waals surface area contributed by atoms with E-state index < -0.39 is 0 Å². The highest BCUT2D eigenvalue weighted by Crippen LogP contribution is 2.26. The van der Waals surface area contributed by atoms with Crippen LogP contribution in [0.2, 0.25) is 0 Å². The van der Waals surface area contributed by atoms with Crippen molar-refractivity contribution in [1.82, 2.24) is 14.9 Å². The van der Waals surface area contributed by atoms with Gasteiger partial charge < -0.3 is 9.88 Å². The SMILES string of the molecule is O=C(NCc1ccccc1)c1cccc(-c2nc3ccccc3n2Cc2ccccc2)c1. The Morgan fingerprint density at radius 3 is 2.22 bits per heavy atom. The van der Waals surface area contributed by atoms with E-state index in [9.17, 15) is 4.79 Å². The van der Waals surface area contributed by atoms with Gasteiger partial charge in [0, 0.05) is 24.2 Å². The highest BCUT2D eigenvalue weighted by molar-refractivity contribution is 5.95. The lowest BCUT2D eigenvalue weighted by atomic mass is 10.1. The quantitative estimate of drug-likeness (QED) is 0.386. The first-order valence-corrected chi connectivity index (χ1v) is 10.7. The van der Waals surface area contributed by atoms with Gasteiger partial charge in [-0.15, -0.1) is 0 Å². The molecule has 0 unspecified atom stereocenters. The lowest BCUT2D eigenvalue weighted by Gasteiger charge is -2.11. The van der Waals surface area contributed by atoms with Crippen molar-refractivity contribution in [2.75, 3.05) is 0 Å². The van der Waals surface area contributed by atoms with Gasteiger partial charge in [0.1, 0.15) is 5.82 Å². The summed E-state index contributed by atoms with van der Waals surface area (Å²) < 4.78 is 2.21. The van der Waals surface area contributed by atoms with Crippen molar-refractivity contribution in [2.24, 2.45) is 0 Å². The lowest BCUT2D eigenvalue weighted by molar-refractivity contribution is 0.0951. The van der Waals surface area contributed by atoms with Crippen molar-refractivity contribution in [3.8, 4) is 11.4 Å². The number of nitrogens with zero attached hydrogens (tertiary/aromatic N) is 2. The van der Waals surface area contributed by atoms with E-state index in [1.54, 1.807) is 0 Å². The Kier molecular flexibility index (Phi) is 5.50. The van der Waals surface area contributed by atoms with E-state index in [1.807, 2.05) is 91.0 Å². The molecule has 156 valence electrons. The largest absolute Gasteiger partial charge is 0.348 e. The predicted molar refractivity (Wildman–Crippen MR) is 128 cm³/mol. The maximum atomic E-state index is 12.8. The van der Waals surface area contributed by atoms with Gasteiger partial charge in [-0.05, 0) is 35.4 Å². The molecule has 0 saturated carbocycles. The summed E-state index contributed by atoms with van der Waals surface area (Å²) >= 11 is 0. The minimum atomic E-state index is -0.0959. The van der Waals surface area contributed by atoms with Crippen LogP contribution in [-0.4, -0.2) is 15.5 Å². The van der Waals surface area contributed by atoms with Crippen LogP contribution in [-0.2, 0) is 13.1 Å². The first-order chi connectivity index (χ1) is 15.8. The van der Waals surface area contributed by atoms with Gasteiger partial charge in [-0.3, -0.25) is 4.79 Å². The Morgan fingerprint density at radius 1 is 0.750 bits per heavy atom. The monoisotopic (exact) mass is 417 g/mol. The molecule has 5 aromatic rings. The van der Waals surface area contributed by atoms with Crippen molar-refractivity contribution < 1.29 is 4.79 Å². The highest BCUT2D eigenvalue weighted by atomic mass is 16.1. The van der Waals surface area contributed by atoms with Gasteiger partial charge in [0.2, 0.25) is 0 Å². The molecule has 4 heteroatoms. The number of hydrogen-bond acceptors (Lipinski definition) is 2. The van der Waals surface area contributed by atoms with E-state index >= 15 is 0 Å². The molecule has 5 rings (SSSR count). The third-order valence-electron chi connectivity index (χ3n) is 5.52. The second-order valence-electron chi connectivity index (χ2n) is 7.74. The van der Waals surface area contributed by atoms with Gasteiger partial charge in [0.25, 0.3) is 5.91 Å². The molecule has 4 nitrogen and oxygen atoms in total. The average Bonchev–Trinajstić information content (AvgIpc) is 3.22. The van der Waals surface area contributed by atoms with Crippen molar-refractivity contribution >= 4 is 16.9 Å². The number of rotatable bonds is 6. The van der Waals surface area contributed by atoms with Crippen LogP contribution in [0.5, 0.6) is 0 Å². The van der Waals surface area contributed by atoms with Gasteiger partial charge in [-0.2, -0.15) is 0 Å². The minimum Gasteiger partial charge on any atom is -0.348 e. The van der Waals surface area contributed by atoms with Crippen LogP contribution < -0.4 is 5.32 Å². The number of fused-ring (bicyclic) bond motifs is 1. The van der Waals surface area contributed by atoms with E-state index in [2.05, 4.69) is 28.1 Å². The van der Waals surface area contributed by atoms with Crippen LogP contribution in [0, 0.1) is 0 Å². The lowest BCUT2D eigenvalue weighted by Crippen LogP contribution is -2.22. The standard InChI is InChI=1S/C28H23N3O/c32-28(29-19-21-10-3-1-4-11-21)24-15-9-14-23(18-24)27-30-25-16-7-8-17-26(25)31(27)20-22-12-5-2-6-13-22/h1-18H,19-20H2,(H,29,32). The summed E-state index contributed by atoms with van der Waals surface area (Å²) in [6, 6.07) is 36.1. The molecule has 0 fully saturated rings. The molecular formula is C28H23N3O. The summed E-state index contributed by atoms with van der Waals surface area (Å²) in [5.41, 5.74) is 5.83. The van der Waals surface area contributed by atoms with Gasteiger partial charge >= 0.3 is 0 Å². The molecule has 32 heavy (non-hydrogen) atoms. The number of carbonyl (C=O) groups is 1. The maximum Gasteiger partial charge on any atom is 0.251 e. The second kappa shape index (κ2) is 8.90. The summed E-state index contributed by atoms with van der Waals surface area (Å²) in [6.07, 6.45) is 0. The Bertz CT molecular complexity index is 1360.